The molecule has 7 heteroatoms. The first-order chi connectivity index (χ1) is 13.2. The third kappa shape index (κ3) is 19.4. The van der Waals surface area contributed by atoms with E-state index in [-0.39, 0.29) is 13.2 Å². The molecule has 0 aromatic carbocycles. The number of phosphoric ester groups is 1. The molecule has 2 N–H and O–H groups in total. The largest absolute Gasteiger partial charge is 0.472 e. The highest BCUT2D eigenvalue weighted by molar-refractivity contribution is 7.47. The number of likely N-dealkylation sites (N-methyl/N-ethyl adjacent to an activating group) is 1. The summed E-state index contributed by atoms with van der Waals surface area (Å²) in [4.78, 5) is 9.80. The number of aliphatic hydroxyl groups excluding tert-OH is 1. The Morgan fingerprint density at radius 1 is 0.857 bits per heavy atom. The van der Waals surface area contributed by atoms with Gasteiger partial charge < -0.3 is 14.5 Å². The van der Waals surface area contributed by atoms with Crippen molar-refractivity contribution in [1.29, 1.82) is 0 Å². The van der Waals surface area contributed by atoms with Crippen LogP contribution in [0.2, 0.25) is 0 Å². The normalized spacial score (nSPS) is 15.5. The van der Waals surface area contributed by atoms with E-state index in [0.29, 0.717) is 17.4 Å². The molecule has 0 radical (unpaired) electrons. The molecule has 0 aliphatic heterocycles. The van der Waals surface area contributed by atoms with Crippen molar-refractivity contribution in [3.8, 4) is 0 Å². The molecular formula is C21H47NO5P+. The highest BCUT2D eigenvalue weighted by atomic mass is 31.2. The second kappa shape index (κ2) is 16.8. The zero-order valence-electron chi connectivity index (χ0n) is 18.9. The molecule has 28 heavy (non-hydrogen) atoms. The summed E-state index contributed by atoms with van der Waals surface area (Å²) in [5, 5.41) is 9.41. The lowest BCUT2D eigenvalue weighted by Crippen LogP contribution is -2.37. The minimum atomic E-state index is -4.11. The molecule has 2 unspecified atom stereocenters. The van der Waals surface area contributed by atoms with Crippen LogP contribution in [-0.2, 0) is 13.6 Å². The van der Waals surface area contributed by atoms with Crippen LogP contribution < -0.4 is 0 Å². The van der Waals surface area contributed by atoms with Crippen LogP contribution >= 0.6 is 7.82 Å². The fourth-order valence-electron chi connectivity index (χ4n) is 3.04. The van der Waals surface area contributed by atoms with Gasteiger partial charge in [-0.3, -0.25) is 9.05 Å². The van der Waals surface area contributed by atoms with Crippen LogP contribution in [0.3, 0.4) is 0 Å². The van der Waals surface area contributed by atoms with Gasteiger partial charge in [0.2, 0.25) is 0 Å². The van der Waals surface area contributed by atoms with Crippen LogP contribution in [0.5, 0.6) is 0 Å². The lowest BCUT2D eigenvalue weighted by Gasteiger charge is -2.24. The van der Waals surface area contributed by atoms with E-state index in [4.69, 9.17) is 9.05 Å². The molecule has 0 saturated heterocycles. The van der Waals surface area contributed by atoms with E-state index in [1.54, 1.807) is 0 Å². The molecule has 0 spiro atoms. The predicted octanol–water partition coefficient (Wildman–Crippen LogP) is 5.28. The first-order valence-electron chi connectivity index (χ1n) is 11.3. The van der Waals surface area contributed by atoms with Crippen molar-refractivity contribution in [3.05, 3.63) is 0 Å². The van der Waals surface area contributed by atoms with E-state index < -0.39 is 13.9 Å². The van der Waals surface area contributed by atoms with Crippen molar-refractivity contribution in [1.82, 2.24) is 0 Å². The molecule has 0 saturated carbocycles. The second-order valence-electron chi connectivity index (χ2n) is 8.90. The molecule has 0 rings (SSSR count). The van der Waals surface area contributed by atoms with Gasteiger partial charge in [0.15, 0.2) is 0 Å². The van der Waals surface area contributed by atoms with Crippen LogP contribution in [0.25, 0.3) is 0 Å². The van der Waals surface area contributed by atoms with Gasteiger partial charge in [0, 0.05) is 0 Å². The van der Waals surface area contributed by atoms with Gasteiger partial charge >= 0.3 is 7.82 Å². The SMILES string of the molecule is CCCCCCCCCCCCCCC(CO)OP(=O)(O)OCC[N+](C)(C)C. The number of nitrogens with zero attached hydrogens (tertiary/aromatic N) is 1. The summed E-state index contributed by atoms with van der Waals surface area (Å²) in [5.41, 5.74) is 0. The van der Waals surface area contributed by atoms with Gasteiger partial charge in [-0.05, 0) is 6.42 Å². The fourth-order valence-corrected chi connectivity index (χ4v) is 3.96. The van der Waals surface area contributed by atoms with Crippen LogP contribution in [-0.4, -0.2) is 61.5 Å². The fraction of sp³-hybridized carbons (Fsp3) is 1.00. The number of quaternary nitrogens is 1. The minimum absolute atomic E-state index is 0.147. The van der Waals surface area contributed by atoms with Crippen molar-refractivity contribution in [2.24, 2.45) is 0 Å². The maximum Gasteiger partial charge on any atom is 0.472 e. The van der Waals surface area contributed by atoms with Crippen molar-refractivity contribution >= 4 is 7.82 Å². The Hall–Kier alpha value is 0.0300. The topological polar surface area (TPSA) is 76.0 Å². The molecule has 0 amide bonds. The smallest absolute Gasteiger partial charge is 0.394 e. The number of unbranched alkanes of at least 4 members (excludes halogenated alkanes) is 11. The van der Waals surface area contributed by atoms with E-state index in [0.717, 1.165) is 12.8 Å². The Morgan fingerprint density at radius 2 is 1.32 bits per heavy atom. The van der Waals surface area contributed by atoms with Gasteiger partial charge in [-0.15, -0.1) is 0 Å². The summed E-state index contributed by atoms with van der Waals surface area (Å²) in [6, 6.07) is 0. The molecular weight excluding hydrogens is 377 g/mol. The third-order valence-electron chi connectivity index (χ3n) is 4.88. The van der Waals surface area contributed by atoms with Gasteiger partial charge in [-0.1, -0.05) is 84.0 Å². The van der Waals surface area contributed by atoms with Gasteiger partial charge in [0.05, 0.1) is 33.9 Å². The standard InChI is InChI=1S/C21H46NO5P/c1-5-6-7-8-9-10-11-12-13-14-15-16-17-21(20-23)27-28(24,25)26-19-18-22(2,3)4/h21,23H,5-20H2,1-4H3/p+1. The van der Waals surface area contributed by atoms with Crippen molar-refractivity contribution < 1.29 is 28.1 Å². The number of hydrogen-bond acceptors (Lipinski definition) is 4. The van der Waals surface area contributed by atoms with Gasteiger partial charge in [-0.2, -0.15) is 0 Å². The average Bonchev–Trinajstić information content (AvgIpc) is 2.60. The molecule has 6 nitrogen and oxygen atoms in total. The van der Waals surface area contributed by atoms with Crippen LogP contribution in [0.15, 0.2) is 0 Å². The van der Waals surface area contributed by atoms with Gasteiger partial charge in [0.1, 0.15) is 13.2 Å². The van der Waals surface area contributed by atoms with Gasteiger partial charge in [0.25, 0.3) is 0 Å². The summed E-state index contributed by atoms with van der Waals surface area (Å²) < 4.78 is 22.8. The molecule has 170 valence electrons. The number of aliphatic hydroxyl groups is 1. The first kappa shape index (κ1) is 28.0. The first-order valence-corrected chi connectivity index (χ1v) is 12.8. The van der Waals surface area contributed by atoms with Crippen molar-refractivity contribution in [2.75, 3.05) is 40.9 Å². The maximum absolute atomic E-state index is 12.0. The van der Waals surface area contributed by atoms with Crippen LogP contribution in [0.1, 0.15) is 90.4 Å². The maximum atomic E-state index is 12.0. The molecule has 0 fully saturated rings. The minimum Gasteiger partial charge on any atom is -0.394 e. The molecule has 0 aliphatic carbocycles. The lowest BCUT2D eigenvalue weighted by molar-refractivity contribution is -0.870. The van der Waals surface area contributed by atoms with E-state index >= 15 is 0 Å². The Bertz CT molecular complexity index is 401. The second-order valence-corrected chi connectivity index (χ2v) is 10.3. The zero-order chi connectivity index (χ0) is 21.3. The zero-order valence-corrected chi connectivity index (χ0v) is 19.8. The average molecular weight is 425 g/mol. The van der Waals surface area contributed by atoms with Crippen LogP contribution in [0, 0.1) is 0 Å². The van der Waals surface area contributed by atoms with Crippen molar-refractivity contribution in [2.45, 2.75) is 96.5 Å². The quantitative estimate of drug-likeness (QED) is 0.158. The Balaban J connectivity index is 3.68. The monoisotopic (exact) mass is 424 g/mol. The summed E-state index contributed by atoms with van der Waals surface area (Å²) >= 11 is 0. The van der Waals surface area contributed by atoms with E-state index in [1.807, 2.05) is 21.1 Å². The number of hydrogen-bond donors (Lipinski definition) is 2. The molecule has 0 heterocycles. The van der Waals surface area contributed by atoms with E-state index in [1.165, 1.54) is 64.2 Å². The predicted molar refractivity (Wildman–Crippen MR) is 116 cm³/mol. The third-order valence-corrected chi connectivity index (χ3v) is 5.96. The van der Waals surface area contributed by atoms with E-state index in [9.17, 15) is 14.6 Å². The summed E-state index contributed by atoms with van der Waals surface area (Å²) in [6.07, 6.45) is 15.1. The Labute approximate surface area is 173 Å². The highest BCUT2D eigenvalue weighted by Gasteiger charge is 2.27. The van der Waals surface area contributed by atoms with E-state index in [2.05, 4.69) is 6.92 Å². The van der Waals surface area contributed by atoms with Crippen molar-refractivity contribution in [3.63, 3.8) is 0 Å². The molecule has 0 aliphatic rings. The summed E-state index contributed by atoms with van der Waals surface area (Å²) in [7, 11) is 1.84. The molecule has 0 bridgehead atoms. The highest BCUT2D eigenvalue weighted by Crippen LogP contribution is 2.45. The van der Waals surface area contributed by atoms with Gasteiger partial charge in [-0.25, -0.2) is 4.57 Å². The Kier molecular flexibility index (Phi) is 16.8. The Morgan fingerprint density at radius 3 is 1.75 bits per heavy atom. The summed E-state index contributed by atoms with van der Waals surface area (Å²) in [5.74, 6) is 0. The number of rotatable bonds is 20. The number of phosphoric acid groups is 1. The lowest BCUT2D eigenvalue weighted by atomic mass is 10.0. The molecule has 0 aromatic rings. The summed E-state index contributed by atoms with van der Waals surface area (Å²) in [6.45, 7) is 2.74. The van der Waals surface area contributed by atoms with Crippen LogP contribution in [0.4, 0.5) is 0 Å². The molecule has 2 atom stereocenters. The molecule has 0 aromatic heterocycles.